The fourth-order valence-electron chi connectivity index (χ4n) is 3.47. The van der Waals surface area contributed by atoms with E-state index < -0.39 is 5.91 Å². The van der Waals surface area contributed by atoms with E-state index in [2.05, 4.69) is 29.2 Å². The number of hydrogen-bond donors (Lipinski definition) is 1. The van der Waals surface area contributed by atoms with E-state index in [4.69, 9.17) is 10.5 Å². The number of likely N-dealkylation sites (N-methyl/N-ethyl adjacent to an activating group) is 1. The lowest BCUT2D eigenvalue weighted by Gasteiger charge is -2.36. The molecule has 0 aliphatic carbocycles. The molecular formula is C22H27N3O3. The van der Waals surface area contributed by atoms with E-state index in [1.807, 2.05) is 13.1 Å². The molecule has 2 aromatic rings. The van der Waals surface area contributed by atoms with Crippen molar-refractivity contribution >= 4 is 11.8 Å². The van der Waals surface area contributed by atoms with Crippen molar-refractivity contribution in [2.24, 2.45) is 5.73 Å². The molecule has 0 unspecified atom stereocenters. The van der Waals surface area contributed by atoms with Crippen molar-refractivity contribution in [3.8, 4) is 5.75 Å². The Kier molecular flexibility index (Phi) is 6.66. The van der Waals surface area contributed by atoms with Gasteiger partial charge in [0.15, 0.2) is 6.61 Å². The number of benzene rings is 2. The zero-order chi connectivity index (χ0) is 19.9. The Morgan fingerprint density at radius 2 is 1.71 bits per heavy atom. The Morgan fingerprint density at radius 3 is 2.32 bits per heavy atom. The molecule has 1 heterocycles. The second kappa shape index (κ2) is 9.37. The van der Waals surface area contributed by atoms with E-state index in [0.29, 0.717) is 11.3 Å². The van der Waals surface area contributed by atoms with Gasteiger partial charge in [0.2, 0.25) is 5.91 Å². The first-order valence-electron chi connectivity index (χ1n) is 9.57. The number of carbonyl (C=O) groups excluding carboxylic acids is 2. The van der Waals surface area contributed by atoms with E-state index in [0.717, 1.165) is 32.5 Å². The number of hydrogen-bond acceptors (Lipinski definition) is 4. The van der Waals surface area contributed by atoms with Crippen LogP contribution in [-0.4, -0.2) is 54.4 Å². The van der Waals surface area contributed by atoms with Crippen molar-refractivity contribution in [3.63, 3.8) is 0 Å². The summed E-state index contributed by atoms with van der Waals surface area (Å²) in [5, 5.41) is 0. The van der Waals surface area contributed by atoms with E-state index in [1.54, 1.807) is 29.2 Å². The van der Waals surface area contributed by atoms with Crippen molar-refractivity contribution < 1.29 is 14.3 Å². The SMILES string of the molecule is CN(C(=O)COc1ccc(C(N)=O)cc1)C1CCN(Cc2ccccc2)CC1. The van der Waals surface area contributed by atoms with Crippen LogP contribution in [-0.2, 0) is 11.3 Å². The number of primary amides is 1. The van der Waals surface area contributed by atoms with Gasteiger partial charge in [-0.25, -0.2) is 0 Å². The molecule has 28 heavy (non-hydrogen) atoms. The van der Waals surface area contributed by atoms with Crippen molar-refractivity contribution in [3.05, 3.63) is 65.7 Å². The first kappa shape index (κ1) is 19.9. The number of rotatable bonds is 7. The summed E-state index contributed by atoms with van der Waals surface area (Å²) in [5.74, 6) is 0.0193. The van der Waals surface area contributed by atoms with Crippen LogP contribution in [0.4, 0.5) is 0 Å². The Hall–Kier alpha value is -2.86. The third-order valence-corrected chi connectivity index (χ3v) is 5.25. The molecule has 2 N–H and O–H groups in total. The van der Waals surface area contributed by atoms with Gasteiger partial charge in [0.1, 0.15) is 5.75 Å². The van der Waals surface area contributed by atoms with Crippen LogP contribution in [0.1, 0.15) is 28.8 Å². The first-order valence-corrected chi connectivity index (χ1v) is 9.57. The van der Waals surface area contributed by atoms with Gasteiger partial charge >= 0.3 is 0 Å². The summed E-state index contributed by atoms with van der Waals surface area (Å²) in [6.07, 6.45) is 1.92. The monoisotopic (exact) mass is 381 g/mol. The van der Waals surface area contributed by atoms with Crippen LogP contribution in [0.25, 0.3) is 0 Å². The molecule has 0 bridgehead atoms. The molecule has 0 saturated carbocycles. The van der Waals surface area contributed by atoms with Gasteiger partial charge in [-0.15, -0.1) is 0 Å². The molecule has 148 valence electrons. The predicted molar refractivity (Wildman–Crippen MR) is 108 cm³/mol. The van der Waals surface area contributed by atoms with Crippen LogP contribution >= 0.6 is 0 Å². The van der Waals surface area contributed by atoms with Gasteiger partial charge in [-0.2, -0.15) is 0 Å². The van der Waals surface area contributed by atoms with E-state index in [1.165, 1.54) is 5.56 Å². The fourth-order valence-corrected chi connectivity index (χ4v) is 3.47. The zero-order valence-corrected chi connectivity index (χ0v) is 16.2. The molecule has 1 fully saturated rings. The van der Waals surface area contributed by atoms with Crippen molar-refractivity contribution in [2.75, 3.05) is 26.7 Å². The topological polar surface area (TPSA) is 75.9 Å². The summed E-state index contributed by atoms with van der Waals surface area (Å²) in [6, 6.07) is 17.2. The second-order valence-electron chi connectivity index (χ2n) is 7.17. The zero-order valence-electron chi connectivity index (χ0n) is 16.2. The highest BCUT2D eigenvalue weighted by Gasteiger charge is 2.25. The lowest BCUT2D eigenvalue weighted by molar-refractivity contribution is -0.135. The molecule has 2 amide bonds. The minimum absolute atomic E-state index is 0.0172. The highest BCUT2D eigenvalue weighted by atomic mass is 16.5. The molecule has 0 spiro atoms. The van der Waals surface area contributed by atoms with Gasteiger partial charge in [-0.05, 0) is 42.7 Å². The van der Waals surface area contributed by atoms with Gasteiger partial charge in [0.05, 0.1) is 0 Å². The van der Waals surface area contributed by atoms with Crippen LogP contribution in [0.2, 0.25) is 0 Å². The maximum Gasteiger partial charge on any atom is 0.260 e. The van der Waals surface area contributed by atoms with Crippen molar-refractivity contribution in [1.82, 2.24) is 9.80 Å². The Balaban J connectivity index is 1.43. The summed E-state index contributed by atoms with van der Waals surface area (Å²) in [4.78, 5) is 27.8. The summed E-state index contributed by atoms with van der Waals surface area (Å²) in [6.45, 7) is 2.89. The molecule has 0 atom stereocenters. The predicted octanol–water partition coefficient (Wildman–Crippen LogP) is 2.29. The number of likely N-dealkylation sites (tertiary alicyclic amines) is 1. The molecule has 1 aliphatic rings. The molecule has 1 aliphatic heterocycles. The summed E-state index contributed by atoms with van der Waals surface area (Å²) < 4.78 is 5.56. The third-order valence-electron chi connectivity index (χ3n) is 5.25. The number of piperidine rings is 1. The molecule has 0 aromatic heterocycles. The van der Waals surface area contributed by atoms with E-state index in [-0.39, 0.29) is 18.6 Å². The number of ether oxygens (including phenoxy) is 1. The Bertz CT molecular complexity index is 784. The van der Waals surface area contributed by atoms with Crippen LogP contribution in [0.15, 0.2) is 54.6 Å². The number of amides is 2. The number of carbonyl (C=O) groups is 2. The largest absolute Gasteiger partial charge is 0.484 e. The fraction of sp³-hybridized carbons (Fsp3) is 0.364. The summed E-state index contributed by atoms with van der Waals surface area (Å²) >= 11 is 0. The lowest BCUT2D eigenvalue weighted by Crippen LogP contribution is -2.46. The first-order chi connectivity index (χ1) is 13.5. The number of nitrogens with zero attached hydrogens (tertiary/aromatic N) is 2. The standard InChI is InChI=1S/C22H27N3O3/c1-24(21(26)16-28-20-9-7-18(8-10-20)22(23)27)19-11-13-25(14-12-19)15-17-5-3-2-4-6-17/h2-10,19H,11-16H2,1H3,(H2,23,27). The highest BCUT2D eigenvalue weighted by molar-refractivity contribution is 5.92. The van der Waals surface area contributed by atoms with E-state index in [9.17, 15) is 9.59 Å². The van der Waals surface area contributed by atoms with Gasteiger partial charge < -0.3 is 15.4 Å². The average molecular weight is 381 g/mol. The normalized spacial score (nSPS) is 15.2. The third kappa shape index (κ3) is 5.33. The van der Waals surface area contributed by atoms with E-state index >= 15 is 0 Å². The smallest absolute Gasteiger partial charge is 0.260 e. The highest BCUT2D eigenvalue weighted by Crippen LogP contribution is 2.18. The molecule has 6 heteroatoms. The lowest BCUT2D eigenvalue weighted by atomic mass is 10.0. The molecular weight excluding hydrogens is 354 g/mol. The Morgan fingerprint density at radius 1 is 1.07 bits per heavy atom. The van der Waals surface area contributed by atoms with Crippen molar-refractivity contribution in [1.29, 1.82) is 0 Å². The number of nitrogens with two attached hydrogens (primary N) is 1. The van der Waals surface area contributed by atoms with Crippen LogP contribution in [0.5, 0.6) is 5.75 Å². The van der Waals surface area contributed by atoms with Gasteiger partial charge in [-0.3, -0.25) is 14.5 Å². The maximum absolute atomic E-state index is 12.5. The minimum Gasteiger partial charge on any atom is -0.484 e. The summed E-state index contributed by atoms with van der Waals surface area (Å²) in [7, 11) is 1.85. The molecule has 1 saturated heterocycles. The second-order valence-corrected chi connectivity index (χ2v) is 7.17. The van der Waals surface area contributed by atoms with Crippen LogP contribution in [0, 0.1) is 0 Å². The quantitative estimate of drug-likeness (QED) is 0.798. The maximum atomic E-state index is 12.5. The molecule has 6 nitrogen and oxygen atoms in total. The molecule has 3 rings (SSSR count). The van der Waals surface area contributed by atoms with Gasteiger partial charge in [0, 0.05) is 38.3 Å². The minimum atomic E-state index is -0.485. The Labute approximate surface area is 165 Å². The van der Waals surface area contributed by atoms with Crippen LogP contribution in [0.3, 0.4) is 0 Å². The van der Waals surface area contributed by atoms with Gasteiger partial charge in [0.25, 0.3) is 5.91 Å². The van der Waals surface area contributed by atoms with Crippen molar-refractivity contribution in [2.45, 2.75) is 25.4 Å². The van der Waals surface area contributed by atoms with Gasteiger partial charge in [-0.1, -0.05) is 30.3 Å². The molecule has 0 radical (unpaired) electrons. The molecule has 2 aromatic carbocycles. The van der Waals surface area contributed by atoms with Crippen LogP contribution < -0.4 is 10.5 Å². The summed E-state index contributed by atoms with van der Waals surface area (Å²) in [5.41, 5.74) is 6.95. The average Bonchev–Trinajstić information content (AvgIpc) is 2.73.